The Morgan fingerprint density at radius 2 is 1.56 bits per heavy atom. The second-order valence-corrected chi connectivity index (χ2v) is 8.24. The molecule has 2 aromatic heterocycles. The van der Waals surface area contributed by atoms with Crippen LogP contribution < -0.4 is 10.6 Å². The summed E-state index contributed by atoms with van der Waals surface area (Å²) in [6.45, 7) is 1.66. The van der Waals surface area contributed by atoms with Crippen molar-refractivity contribution < 1.29 is 22.8 Å². The lowest BCUT2D eigenvalue weighted by atomic mass is 10.1. The molecule has 0 unspecified atom stereocenters. The van der Waals surface area contributed by atoms with Crippen LogP contribution in [0.3, 0.4) is 0 Å². The van der Waals surface area contributed by atoms with Crippen molar-refractivity contribution in [2.45, 2.75) is 13.1 Å². The van der Waals surface area contributed by atoms with Gasteiger partial charge in [0.1, 0.15) is 9.88 Å². The Morgan fingerprint density at radius 3 is 2.18 bits per heavy atom. The number of carbonyl (C=O) groups is 2. The molecule has 2 heterocycles. The summed E-state index contributed by atoms with van der Waals surface area (Å²) in [4.78, 5) is 33.7. The van der Waals surface area contributed by atoms with E-state index < -0.39 is 17.6 Å². The molecular formula is C24H17F3N4O2S. The number of benzene rings is 2. The molecule has 0 fully saturated rings. The molecule has 0 bridgehead atoms. The van der Waals surface area contributed by atoms with Crippen LogP contribution in [0.2, 0.25) is 0 Å². The van der Waals surface area contributed by atoms with E-state index in [1.165, 1.54) is 18.3 Å². The monoisotopic (exact) mass is 482 g/mol. The summed E-state index contributed by atoms with van der Waals surface area (Å²) in [5.74, 6) is -0.717. The molecular weight excluding hydrogens is 465 g/mol. The summed E-state index contributed by atoms with van der Waals surface area (Å²) < 4.78 is 38.3. The molecule has 0 radical (unpaired) electrons. The normalized spacial score (nSPS) is 11.2. The maximum Gasteiger partial charge on any atom is 0.416 e. The molecule has 0 aliphatic carbocycles. The maximum absolute atomic E-state index is 12.8. The van der Waals surface area contributed by atoms with Gasteiger partial charge >= 0.3 is 6.18 Å². The van der Waals surface area contributed by atoms with Crippen molar-refractivity contribution in [1.82, 2.24) is 9.97 Å². The first-order chi connectivity index (χ1) is 16.2. The molecule has 0 aliphatic heterocycles. The number of amides is 2. The Labute approximate surface area is 196 Å². The van der Waals surface area contributed by atoms with Gasteiger partial charge in [0.05, 0.1) is 23.1 Å². The number of pyridine rings is 1. The van der Waals surface area contributed by atoms with E-state index in [1.54, 1.807) is 49.5 Å². The van der Waals surface area contributed by atoms with Gasteiger partial charge in [-0.3, -0.25) is 14.6 Å². The first-order valence-electron chi connectivity index (χ1n) is 9.98. The van der Waals surface area contributed by atoms with Gasteiger partial charge in [-0.05, 0) is 55.5 Å². The third-order valence-corrected chi connectivity index (χ3v) is 5.99. The minimum Gasteiger partial charge on any atom is -0.321 e. The third-order valence-electron chi connectivity index (χ3n) is 4.79. The summed E-state index contributed by atoms with van der Waals surface area (Å²) in [6.07, 6.45) is -1.29. The lowest BCUT2D eigenvalue weighted by molar-refractivity contribution is -0.137. The van der Waals surface area contributed by atoms with Gasteiger partial charge in [-0.1, -0.05) is 12.1 Å². The Morgan fingerprint density at radius 1 is 0.882 bits per heavy atom. The van der Waals surface area contributed by atoms with Crippen molar-refractivity contribution in [3.8, 4) is 10.6 Å². The van der Waals surface area contributed by atoms with Crippen LogP contribution >= 0.6 is 11.3 Å². The molecule has 0 saturated heterocycles. The number of rotatable bonds is 5. The fourth-order valence-corrected chi connectivity index (χ4v) is 4.03. The molecule has 2 N–H and O–H groups in total. The van der Waals surface area contributed by atoms with Crippen LogP contribution in [0, 0.1) is 6.92 Å². The standard InChI is InChI=1S/C24H17F3N4O2S/c1-14-20(34-23(29-14)16-4-8-17(9-5-16)24(25,26)27)22(33)30-18-10-6-15(7-11-18)21(32)31-19-3-2-12-28-13-19/h2-13H,1H3,(H,30,33)(H,31,32). The highest BCUT2D eigenvalue weighted by Gasteiger charge is 2.30. The Bertz CT molecular complexity index is 1320. The van der Waals surface area contributed by atoms with Crippen LogP contribution in [-0.2, 0) is 6.18 Å². The van der Waals surface area contributed by atoms with Gasteiger partial charge in [-0.25, -0.2) is 4.98 Å². The van der Waals surface area contributed by atoms with Crippen molar-refractivity contribution in [3.63, 3.8) is 0 Å². The largest absolute Gasteiger partial charge is 0.416 e. The molecule has 172 valence electrons. The average molecular weight is 482 g/mol. The van der Waals surface area contributed by atoms with Crippen molar-refractivity contribution in [1.29, 1.82) is 0 Å². The first kappa shape index (κ1) is 23.1. The minimum absolute atomic E-state index is 0.314. The summed E-state index contributed by atoms with van der Waals surface area (Å²) >= 11 is 1.09. The van der Waals surface area contributed by atoms with Gasteiger partial charge in [0.25, 0.3) is 11.8 Å². The Balaban J connectivity index is 1.44. The number of aryl methyl sites for hydroxylation is 1. The molecule has 10 heteroatoms. The molecule has 2 amide bonds. The third kappa shape index (κ3) is 5.29. The van der Waals surface area contributed by atoms with E-state index in [0.717, 1.165) is 23.5 Å². The molecule has 34 heavy (non-hydrogen) atoms. The fraction of sp³-hybridized carbons (Fsp3) is 0.0833. The minimum atomic E-state index is -4.42. The second kappa shape index (κ2) is 9.44. The summed E-state index contributed by atoms with van der Waals surface area (Å²) in [5, 5.41) is 5.92. The number of anilines is 2. The highest BCUT2D eigenvalue weighted by atomic mass is 32.1. The van der Waals surface area contributed by atoms with Crippen molar-refractivity contribution in [3.05, 3.63) is 94.8 Å². The quantitative estimate of drug-likeness (QED) is 0.363. The van der Waals surface area contributed by atoms with Crippen molar-refractivity contribution >= 4 is 34.5 Å². The van der Waals surface area contributed by atoms with Gasteiger partial charge in [-0.15, -0.1) is 11.3 Å². The number of nitrogens with zero attached hydrogens (tertiary/aromatic N) is 2. The number of carbonyl (C=O) groups excluding carboxylic acids is 2. The molecule has 2 aromatic carbocycles. The number of nitrogens with one attached hydrogen (secondary N) is 2. The Hall–Kier alpha value is -4.05. The summed E-state index contributed by atoms with van der Waals surface area (Å²) in [6, 6.07) is 14.4. The molecule has 0 atom stereocenters. The fourth-order valence-electron chi connectivity index (χ4n) is 3.07. The lowest BCUT2D eigenvalue weighted by Gasteiger charge is -2.07. The SMILES string of the molecule is Cc1nc(-c2ccc(C(F)(F)F)cc2)sc1C(=O)Nc1ccc(C(=O)Nc2cccnc2)cc1. The van der Waals surface area contributed by atoms with Crippen LogP contribution in [0.15, 0.2) is 73.1 Å². The zero-order chi connectivity index (χ0) is 24.3. The zero-order valence-corrected chi connectivity index (χ0v) is 18.5. The first-order valence-corrected chi connectivity index (χ1v) is 10.8. The predicted octanol–water partition coefficient (Wildman–Crippen LogP) is 6.04. The van der Waals surface area contributed by atoms with Gasteiger partial charge in [0.2, 0.25) is 0 Å². The lowest BCUT2D eigenvalue weighted by Crippen LogP contribution is -2.13. The molecule has 0 saturated carbocycles. The van der Waals surface area contributed by atoms with Crippen molar-refractivity contribution in [2.75, 3.05) is 10.6 Å². The number of hydrogen-bond donors (Lipinski definition) is 2. The average Bonchev–Trinajstić information content (AvgIpc) is 3.21. The highest BCUT2D eigenvalue weighted by Crippen LogP contribution is 2.33. The molecule has 6 nitrogen and oxygen atoms in total. The molecule has 4 rings (SSSR count). The predicted molar refractivity (Wildman–Crippen MR) is 124 cm³/mol. The number of aromatic nitrogens is 2. The summed E-state index contributed by atoms with van der Waals surface area (Å²) in [5.41, 5.74) is 1.65. The van der Waals surface area contributed by atoms with E-state index in [2.05, 4.69) is 20.6 Å². The number of alkyl halides is 3. The van der Waals surface area contributed by atoms with E-state index in [-0.39, 0.29) is 5.91 Å². The smallest absolute Gasteiger partial charge is 0.321 e. The van der Waals surface area contributed by atoms with E-state index >= 15 is 0 Å². The van der Waals surface area contributed by atoms with Gasteiger partial charge < -0.3 is 10.6 Å². The summed E-state index contributed by atoms with van der Waals surface area (Å²) in [7, 11) is 0. The van der Waals surface area contributed by atoms with E-state index in [4.69, 9.17) is 0 Å². The second-order valence-electron chi connectivity index (χ2n) is 7.24. The Kier molecular flexibility index (Phi) is 6.42. The van der Waals surface area contributed by atoms with E-state index in [1.807, 2.05) is 0 Å². The van der Waals surface area contributed by atoms with Gasteiger partial charge in [0, 0.05) is 23.0 Å². The van der Waals surface area contributed by atoms with Gasteiger partial charge in [-0.2, -0.15) is 13.2 Å². The van der Waals surface area contributed by atoms with Crippen LogP contribution in [0.4, 0.5) is 24.5 Å². The van der Waals surface area contributed by atoms with E-state index in [0.29, 0.717) is 38.1 Å². The maximum atomic E-state index is 12.8. The van der Waals surface area contributed by atoms with E-state index in [9.17, 15) is 22.8 Å². The van der Waals surface area contributed by atoms with Crippen LogP contribution in [0.1, 0.15) is 31.3 Å². The van der Waals surface area contributed by atoms with Crippen molar-refractivity contribution in [2.24, 2.45) is 0 Å². The van der Waals surface area contributed by atoms with Gasteiger partial charge in [0.15, 0.2) is 0 Å². The molecule has 4 aromatic rings. The topological polar surface area (TPSA) is 84.0 Å². The van der Waals surface area contributed by atoms with Crippen LogP contribution in [0.25, 0.3) is 10.6 Å². The highest BCUT2D eigenvalue weighted by molar-refractivity contribution is 7.17. The number of hydrogen-bond acceptors (Lipinski definition) is 5. The zero-order valence-electron chi connectivity index (χ0n) is 17.7. The number of halogens is 3. The van der Waals surface area contributed by atoms with Crippen LogP contribution in [-0.4, -0.2) is 21.8 Å². The van der Waals surface area contributed by atoms with Crippen LogP contribution in [0.5, 0.6) is 0 Å². The molecule has 0 spiro atoms. The molecule has 0 aliphatic rings. The number of thiazole rings is 1.